The van der Waals surface area contributed by atoms with Crippen molar-refractivity contribution in [3.8, 4) is 16.9 Å². The van der Waals surface area contributed by atoms with Gasteiger partial charge in [0.25, 0.3) is 0 Å². The molecule has 21 heavy (non-hydrogen) atoms. The highest BCUT2D eigenvalue weighted by Crippen LogP contribution is 2.33. The summed E-state index contributed by atoms with van der Waals surface area (Å²) in [5.41, 5.74) is 0.0493. The first-order valence-corrected chi connectivity index (χ1v) is 6.53. The minimum Gasteiger partial charge on any atom is -0.494 e. The molecule has 0 aliphatic rings. The first kappa shape index (κ1) is 17.2. The fourth-order valence-electron chi connectivity index (χ4n) is 1.53. The first-order chi connectivity index (χ1) is 9.91. The Labute approximate surface area is 125 Å². The number of hydrogen-bond donors (Lipinski definition) is 0. The van der Waals surface area contributed by atoms with E-state index >= 15 is 0 Å². The van der Waals surface area contributed by atoms with Crippen molar-refractivity contribution in [3.63, 3.8) is 0 Å². The second-order valence-corrected chi connectivity index (χ2v) is 4.02. The summed E-state index contributed by atoms with van der Waals surface area (Å²) in [4.78, 5) is 7.22. The van der Waals surface area contributed by atoms with Crippen LogP contribution in [0.2, 0.25) is 5.15 Å². The van der Waals surface area contributed by atoms with E-state index in [0.717, 1.165) is 12.3 Å². The van der Waals surface area contributed by atoms with E-state index < -0.39 is 11.9 Å². The molecule has 2 aromatic heterocycles. The number of pyridine rings is 2. The van der Waals surface area contributed by atoms with Crippen LogP contribution < -0.4 is 4.74 Å². The molecule has 0 aliphatic carbocycles. The van der Waals surface area contributed by atoms with E-state index in [2.05, 4.69) is 9.97 Å². The number of hydrogen-bond acceptors (Lipinski definition) is 3. The second kappa shape index (κ2) is 7.26. The van der Waals surface area contributed by atoms with Crippen LogP contribution in [0.3, 0.4) is 0 Å². The average Bonchev–Trinajstić information content (AvgIpc) is 2.48. The van der Waals surface area contributed by atoms with Crippen molar-refractivity contribution in [2.24, 2.45) is 0 Å². The molecule has 0 bridgehead atoms. The van der Waals surface area contributed by atoms with Crippen LogP contribution in [0.15, 0.2) is 30.6 Å². The zero-order chi connectivity index (χ0) is 16.0. The van der Waals surface area contributed by atoms with Crippen LogP contribution in [0.25, 0.3) is 11.1 Å². The highest BCUT2D eigenvalue weighted by atomic mass is 35.5. The fraction of sp³-hybridized carbons (Fsp3) is 0.286. The molecule has 7 heteroatoms. The number of aromatic nitrogens is 2. The summed E-state index contributed by atoms with van der Waals surface area (Å²) in [6.45, 7) is 4.00. The Balaban J connectivity index is 0.00000106. The largest absolute Gasteiger partial charge is 0.494 e. The van der Waals surface area contributed by atoms with Gasteiger partial charge in [-0.15, -0.1) is 0 Å². The Hall–Kier alpha value is -1.82. The number of halogens is 4. The highest BCUT2D eigenvalue weighted by molar-refractivity contribution is 6.29. The predicted octanol–water partition coefficient (Wildman–Crippen LogP) is 4.85. The molecule has 0 saturated carbocycles. The van der Waals surface area contributed by atoms with Crippen molar-refractivity contribution >= 4 is 11.6 Å². The molecule has 0 atom stereocenters. The second-order valence-electron chi connectivity index (χ2n) is 3.64. The van der Waals surface area contributed by atoms with Gasteiger partial charge in [0.15, 0.2) is 0 Å². The predicted molar refractivity (Wildman–Crippen MR) is 75.4 cm³/mol. The van der Waals surface area contributed by atoms with Gasteiger partial charge in [-0.1, -0.05) is 31.5 Å². The molecular formula is C14H14ClF3N2O. The monoisotopic (exact) mass is 318 g/mol. The van der Waals surface area contributed by atoms with Gasteiger partial charge in [-0.3, -0.25) is 4.98 Å². The van der Waals surface area contributed by atoms with Gasteiger partial charge in [0.1, 0.15) is 16.6 Å². The van der Waals surface area contributed by atoms with Crippen molar-refractivity contribution in [3.05, 3.63) is 41.4 Å². The van der Waals surface area contributed by atoms with Gasteiger partial charge in [0, 0.05) is 17.3 Å². The zero-order valence-electron chi connectivity index (χ0n) is 11.7. The van der Waals surface area contributed by atoms with E-state index in [1.165, 1.54) is 25.4 Å². The quantitative estimate of drug-likeness (QED) is 0.742. The molecule has 0 spiro atoms. The van der Waals surface area contributed by atoms with Gasteiger partial charge in [-0.2, -0.15) is 13.2 Å². The molecule has 2 heterocycles. The number of alkyl halides is 3. The van der Waals surface area contributed by atoms with Gasteiger partial charge in [0.05, 0.1) is 13.3 Å². The molecule has 0 aliphatic heterocycles. The van der Waals surface area contributed by atoms with Gasteiger partial charge in [-0.25, -0.2) is 4.98 Å². The van der Waals surface area contributed by atoms with Crippen LogP contribution in [0.5, 0.6) is 5.75 Å². The summed E-state index contributed by atoms with van der Waals surface area (Å²) >= 11 is 5.76. The summed E-state index contributed by atoms with van der Waals surface area (Å²) in [7, 11) is 1.44. The standard InChI is InChI=1S/C12H8ClF3N2O.C2H6/c1-19-9-6-18-11(13)4-8(9)7-2-3-10(17-5-7)12(14,15)16;1-2/h2-6H,1H3;1-2H3. The Morgan fingerprint density at radius 3 is 2.24 bits per heavy atom. The number of nitrogens with zero attached hydrogens (tertiary/aromatic N) is 2. The third-order valence-electron chi connectivity index (χ3n) is 2.42. The molecule has 0 fully saturated rings. The summed E-state index contributed by atoms with van der Waals surface area (Å²) in [5.74, 6) is 0.408. The molecule has 0 radical (unpaired) electrons. The van der Waals surface area contributed by atoms with Crippen LogP contribution in [0.1, 0.15) is 19.5 Å². The fourth-order valence-corrected chi connectivity index (χ4v) is 1.68. The third kappa shape index (κ3) is 4.32. The number of rotatable bonds is 2. The molecule has 0 unspecified atom stereocenters. The van der Waals surface area contributed by atoms with E-state index in [0.29, 0.717) is 16.9 Å². The minimum atomic E-state index is -4.46. The normalized spacial score (nSPS) is 10.6. The Kier molecular flexibility index (Phi) is 5.96. The molecular weight excluding hydrogens is 305 g/mol. The van der Waals surface area contributed by atoms with Crippen LogP contribution in [0.4, 0.5) is 13.2 Å². The lowest BCUT2D eigenvalue weighted by molar-refractivity contribution is -0.141. The van der Waals surface area contributed by atoms with Crippen LogP contribution >= 0.6 is 11.6 Å². The highest BCUT2D eigenvalue weighted by Gasteiger charge is 2.32. The molecule has 0 aromatic carbocycles. The maximum atomic E-state index is 12.4. The lowest BCUT2D eigenvalue weighted by Gasteiger charge is -2.10. The first-order valence-electron chi connectivity index (χ1n) is 6.15. The number of methoxy groups -OCH3 is 1. The van der Waals surface area contributed by atoms with Crippen molar-refractivity contribution in [1.29, 1.82) is 0 Å². The Morgan fingerprint density at radius 1 is 1.10 bits per heavy atom. The lowest BCUT2D eigenvalue weighted by atomic mass is 10.1. The molecule has 0 N–H and O–H groups in total. The van der Waals surface area contributed by atoms with Gasteiger partial charge < -0.3 is 4.74 Å². The molecule has 0 saturated heterocycles. The van der Waals surface area contributed by atoms with Crippen molar-refractivity contribution < 1.29 is 17.9 Å². The van der Waals surface area contributed by atoms with E-state index in [1.54, 1.807) is 0 Å². The summed E-state index contributed by atoms with van der Waals surface area (Å²) in [6, 6.07) is 3.72. The minimum absolute atomic E-state index is 0.218. The summed E-state index contributed by atoms with van der Waals surface area (Å²) < 4.78 is 42.3. The molecule has 114 valence electrons. The zero-order valence-corrected chi connectivity index (χ0v) is 12.5. The third-order valence-corrected chi connectivity index (χ3v) is 2.63. The molecule has 2 aromatic rings. The Bertz CT molecular complexity index is 586. The van der Waals surface area contributed by atoms with Gasteiger partial charge in [-0.05, 0) is 12.1 Å². The van der Waals surface area contributed by atoms with Gasteiger partial charge in [0.2, 0.25) is 0 Å². The smallest absolute Gasteiger partial charge is 0.433 e. The maximum Gasteiger partial charge on any atom is 0.433 e. The van der Waals surface area contributed by atoms with E-state index in [4.69, 9.17) is 16.3 Å². The lowest BCUT2D eigenvalue weighted by Crippen LogP contribution is -2.07. The summed E-state index contributed by atoms with van der Waals surface area (Å²) in [5, 5.41) is 0.218. The van der Waals surface area contributed by atoms with E-state index in [1.807, 2.05) is 13.8 Å². The van der Waals surface area contributed by atoms with Crippen molar-refractivity contribution in [2.45, 2.75) is 20.0 Å². The van der Waals surface area contributed by atoms with E-state index in [-0.39, 0.29) is 5.15 Å². The molecule has 2 rings (SSSR count). The van der Waals surface area contributed by atoms with Crippen LogP contribution in [-0.2, 0) is 6.18 Å². The van der Waals surface area contributed by atoms with E-state index in [9.17, 15) is 13.2 Å². The topological polar surface area (TPSA) is 35.0 Å². The Morgan fingerprint density at radius 2 is 1.76 bits per heavy atom. The van der Waals surface area contributed by atoms with Crippen LogP contribution in [-0.4, -0.2) is 17.1 Å². The average molecular weight is 319 g/mol. The SMILES string of the molecule is CC.COc1cnc(Cl)cc1-c1ccc(C(F)(F)F)nc1. The maximum absolute atomic E-state index is 12.4. The molecule has 3 nitrogen and oxygen atoms in total. The van der Waals surface area contributed by atoms with Crippen LogP contribution in [0, 0.1) is 0 Å². The number of ether oxygens (including phenoxy) is 1. The summed E-state index contributed by atoms with van der Waals surface area (Å²) in [6.07, 6.45) is -1.94. The molecule has 0 amide bonds. The van der Waals surface area contributed by atoms with Crippen molar-refractivity contribution in [2.75, 3.05) is 7.11 Å². The van der Waals surface area contributed by atoms with Gasteiger partial charge >= 0.3 is 6.18 Å². The van der Waals surface area contributed by atoms with Crippen molar-refractivity contribution in [1.82, 2.24) is 9.97 Å².